The number of piperidine rings is 1. The molecule has 1 fully saturated rings. The van der Waals surface area contributed by atoms with Crippen molar-refractivity contribution in [2.24, 2.45) is 5.73 Å². The van der Waals surface area contributed by atoms with E-state index in [4.69, 9.17) is 5.73 Å². The third-order valence-corrected chi connectivity index (χ3v) is 3.89. The lowest BCUT2D eigenvalue weighted by molar-refractivity contribution is 0.0583. The van der Waals surface area contributed by atoms with Crippen molar-refractivity contribution in [2.75, 3.05) is 6.54 Å². The van der Waals surface area contributed by atoms with E-state index < -0.39 is 0 Å². The minimum absolute atomic E-state index is 0. The van der Waals surface area contributed by atoms with E-state index in [1.54, 1.807) is 0 Å². The van der Waals surface area contributed by atoms with Crippen LogP contribution in [0.5, 0.6) is 0 Å². The Hall–Kier alpha value is -1.06. The fourth-order valence-corrected chi connectivity index (χ4v) is 3.02. The molecule has 0 saturated carbocycles. The van der Waals surface area contributed by atoms with Crippen molar-refractivity contribution in [1.29, 1.82) is 0 Å². The van der Waals surface area contributed by atoms with E-state index in [1.165, 1.54) is 6.42 Å². The number of hydrogen-bond donors (Lipinski definition) is 1. The van der Waals surface area contributed by atoms with Gasteiger partial charge in [0.2, 0.25) is 0 Å². The number of halogens is 1. The molecular weight excluding hydrogens is 272 g/mol. The van der Waals surface area contributed by atoms with Gasteiger partial charge in [-0.3, -0.25) is 4.79 Å². The molecule has 2 atom stereocenters. The van der Waals surface area contributed by atoms with E-state index in [1.807, 2.05) is 37.8 Å². The van der Waals surface area contributed by atoms with Crippen molar-refractivity contribution in [3.05, 3.63) is 34.9 Å². The van der Waals surface area contributed by atoms with Crippen molar-refractivity contribution >= 4 is 18.3 Å². The van der Waals surface area contributed by atoms with Crippen LogP contribution in [0.1, 0.15) is 47.7 Å². The van der Waals surface area contributed by atoms with Gasteiger partial charge in [0, 0.05) is 24.2 Å². The first-order valence-electron chi connectivity index (χ1n) is 7.14. The van der Waals surface area contributed by atoms with Gasteiger partial charge in [0.1, 0.15) is 0 Å². The molecule has 1 aromatic carbocycles. The molecule has 1 heterocycles. The number of carbonyl (C=O) groups excluding carboxylic acids is 1. The van der Waals surface area contributed by atoms with Gasteiger partial charge in [-0.2, -0.15) is 0 Å². The molecule has 1 aliphatic rings. The molecule has 3 nitrogen and oxygen atoms in total. The van der Waals surface area contributed by atoms with Gasteiger partial charge in [-0.1, -0.05) is 17.2 Å². The van der Waals surface area contributed by atoms with Crippen molar-refractivity contribution in [3.63, 3.8) is 0 Å². The second kappa shape index (κ2) is 7.09. The predicted molar refractivity (Wildman–Crippen MR) is 85.5 cm³/mol. The fourth-order valence-electron chi connectivity index (χ4n) is 3.02. The third kappa shape index (κ3) is 3.74. The molecular formula is C16H25ClN2O. The molecule has 4 heteroatoms. The maximum atomic E-state index is 12.7. The highest BCUT2D eigenvalue weighted by Gasteiger charge is 2.29. The van der Waals surface area contributed by atoms with Gasteiger partial charge >= 0.3 is 0 Å². The highest BCUT2D eigenvalue weighted by atomic mass is 35.5. The Kier molecular flexibility index (Phi) is 6.03. The summed E-state index contributed by atoms with van der Waals surface area (Å²) >= 11 is 0. The fraction of sp³-hybridized carbons (Fsp3) is 0.562. The summed E-state index contributed by atoms with van der Waals surface area (Å²) in [6.45, 7) is 6.89. The standard InChI is InChI=1S/C16H24N2O.ClH/c1-11-8-12(2)10-14(9-11)16(19)18-7-5-4-6-15(18)13(3)17;/h8-10,13,15H,4-7,17H2,1-3H3;1H. The first kappa shape index (κ1) is 17.0. The van der Waals surface area contributed by atoms with Crippen LogP contribution in [-0.2, 0) is 0 Å². The van der Waals surface area contributed by atoms with E-state index in [-0.39, 0.29) is 30.4 Å². The van der Waals surface area contributed by atoms with Crippen LogP contribution in [0.25, 0.3) is 0 Å². The highest BCUT2D eigenvalue weighted by Crippen LogP contribution is 2.22. The van der Waals surface area contributed by atoms with Crippen LogP contribution in [-0.4, -0.2) is 29.4 Å². The van der Waals surface area contributed by atoms with Crippen molar-refractivity contribution in [2.45, 2.75) is 52.1 Å². The number of aryl methyl sites for hydroxylation is 2. The molecule has 0 aromatic heterocycles. The Morgan fingerprint density at radius 1 is 1.25 bits per heavy atom. The molecule has 20 heavy (non-hydrogen) atoms. The van der Waals surface area contributed by atoms with Crippen LogP contribution in [0.3, 0.4) is 0 Å². The zero-order chi connectivity index (χ0) is 14.0. The average Bonchev–Trinajstić information content (AvgIpc) is 2.36. The van der Waals surface area contributed by atoms with Crippen LogP contribution < -0.4 is 5.73 Å². The second-order valence-electron chi connectivity index (χ2n) is 5.80. The van der Waals surface area contributed by atoms with E-state index in [0.717, 1.165) is 36.1 Å². The Morgan fingerprint density at radius 3 is 2.40 bits per heavy atom. The molecule has 2 unspecified atom stereocenters. The Morgan fingerprint density at radius 2 is 1.85 bits per heavy atom. The number of carbonyl (C=O) groups is 1. The topological polar surface area (TPSA) is 46.3 Å². The summed E-state index contributed by atoms with van der Waals surface area (Å²) in [5.74, 6) is 0.133. The van der Waals surface area contributed by atoms with Crippen molar-refractivity contribution in [1.82, 2.24) is 4.90 Å². The SMILES string of the molecule is Cc1cc(C)cc(C(=O)N2CCCCC2C(C)N)c1.Cl. The lowest BCUT2D eigenvalue weighted by Gasteiger charge is -2.38. The zero-order valence-electron chi connectivity index (χ0n) is 12.6. The monoisotopic (exact) mass is 296 g/mol. The summed E-state index contributed by atoms with van der Waals surface area (Å²) in [5.41, 5.74) is 9.11. The van der Waals surface area contributed by atoms with Gasteiger partial charge in [0.15, 0.2) is 0 Å². The summed E-state index contributed by atoms with van der Waals surface area (Å²) in [6, 6.07) is 6.26. The van der Waals surface area contributed by atoms with E-state index in [9.17, 15) is 4.79 Å². The van der Waals surface area contributed by atoms with E-state index >= 15 is 0 Å². The molecule has 2 N–H and O–H groups in total. The van der Waals surface area contributed by atoms with Crippen LogP contribution in [0.2, 0.25) is 0 Å². The van der Waals surface area contributed by atoms with E-state index in [0.29, 0.717) is 0 Å². The number of likely N-dealkylation sites (tertiary alicyclic amines) is 1. The molecule has 1 amide bonds. The highest BCUT2D eigenvalue weighted by molar-refractivity contribution is 5.95. The quantitative estimate of drug-likeness (QED) is 0.912. The number of nitrogens with zero attached hydrogens (tertiary/aromatic N) is 1. The number of nitrogens with two attached hydrogens (primary N) is 1. The van der Waals surface area contributed by atoms with Crippen LogP contribution in [0.4, 0.5) is 0 Å². The van der Waals surface area contributed by atoms with Gasteiger partial charge in [0.05, 0.1) is 0 Å². The molecule has 0 aliphatic carbocycles. The van der Waals surface area contributed by atoms with Crippen molar-refractivity contribution < 1.29 is 4.79 Å². The maximum absolute atomic E-state index is 12.7. The first-order valence-corrected chi connectivity index (χ1v) is 7.14. The number of benzene rings is 1. The number of hydrogen-bond acceptors (Lipinski definition) is 2. The maximum Gasteiger partial charge on any atom is 0.254 e. The molecule has 0 spiro atoms. The largest absolute Gasteiger partial charge is 0.334 e. The predicted octanol–water partition coefficient (Wildman–Crippen LogP) is 3.07. The van der Waals surface area contributed by atoms with Gasteiger partial charge in [-0.15, -0.1) is 12.4 Å². The molecule has 112 valence electrons. The lowest BCUT2D eigenvalue weighted by atomic mass is 9.95. The molecule has 0 radical (unpaired) electrons. The van der Waals surface area contributed by atoms with Crippen molar-refractivity contribution in [3.8, 4) is 0 Å². The normalized spacial score (nSPS) is 20.2. The summed E-state index contributed by atoms with van der Waals surface area (Å²) in [6.07, 6.45) is 3.27. The third-order valence-electron chi connectivity index (χ3n) is 3.89. The van der Waals surface area contributed by atoms with Gasteiger partial charge in [0.25, 0.3) is 5.91 Å². The summed E-state index contributed by atoms with van der Waals surface area (Å²) in [4.78, 5) is 14.7. The van der Waals surface area contributed by atoms with E-state index in [2.05, 4.69) is 6.07 Å². The lowest BCUT2D eigenvalue weighted by Crippen LogP contribution is -2.51. The van der Waals surface area contributed by atoms with Gasteiger partial charge in [-0.05, 0) is 52.2 Å². The summed E-state index contributed by atoms with van der Waals surface area (Å²) in [7, 11) is 0. The minimum atomic E-state index is 0. The van der Waals surface area contributed by atoms with Gasteiger partial charge in [-0.25, -0.2) is 0 Å². The van der Waals surface area contributed by atoms with Crippen LogP contribution in [0.15, 0.2) is 18.2 Å². The molecule has 2 rings (SSSR count). The zero-order valence-corrected chi connectivity index (χ0v) is 13.4. The molecule has 1 aliphatic heterocycles. The molecule has 1 saturated heterocycles. The van der Waals surface area contributed by atoms with Gasteiger partial charge < -0.3 is 10.6 Å². The van der Waals surface area contributed by atoms with Crippen LogP contribution in [0, 0.1) is 13.8 Å². The molecule has 1 aromatic rings. The summed E-state index contributed by atoms with van der Waals surface area (Å²) < 4.78 is 0. The van der Waals surface area contributed by atoms with Crippen LogP contribution >= 0.6 is 12.4 Å². The smallest absolute Gasteiger partial charge is 0.254 e. The Balaban J connectivity index is 0.00000200. The number of amides is 1. The second-order valence-corrected chi connectivity index (χ2v) is 5.80. The molecule has 0 bridgehead atoms. The minimum Gasteiger partial charge on any atom is -0.334 e. The first-order chi connectivity index (χ1) is 8.99. The Labute approximate surface area is 127 Å². The number of rotatable bonds is 2. The average molecular weight is 297 g/mol. The summed E-state index contributed by atoms with van der Waals surface area (Å²) in [5, 5.41) is 0. The Bertz CT molecular complexity index is 453.